The highest BCUT2D eigenvalue weighted by atomic mass is 32.1. The Bertz CT molecular complexity index is 940. The number of aromatic nitrogens is 2. The Kier molecular flexibility index (Phi) is 5.75. The van der Waals surface area contributed by atoms with Crippen LogP contribution in [0.3, 0.4) is 0 Å². The minimum Gasteiger partial charge on any atom is -0.497 e. The number of nitrogens with zero attached hydrogens (tertiary/aromatic N) is 2. The van der Waals surface area contributed by atoms with Gasteiger partial charge >= 0.3 is 5.97 Å². The van der Waals surface area contributed by atoms with Crippen LogP contribution in [0.2, 0.25) is 0 Å². The summed E-state index contributed by atoms with van der Waals surface area (Å²) >= 11 is 1.23. The van der Waals surface area contributed by atoms with Crippen molar-refractivity contribution in [3.63, 3.8) is 0 Å². The summed E-state index contributed by atoms with van der Waals surface area (Å²) in [7, 11) is 3.16. The first-order valence-electron chi connectivity index (χ1n) is 8.48. The van der Waals surface area contributed by atoms with Crippen molar-refractivity contribution in [1.29, 1.82) is 0 Å². The third-order valence-electron chi connectivity index (χ3n) is 4.08. The Hall–Kier alpha value is -2.87. The zero-order valence-corrected chi connectivity index (χ0v) is 16.4. The molecule has 0 amide bonds. The first-order valence-corrected chi connectivity index (χ1v) is 9.29. The van der Waals surface area contributed by atoms with Crippen LogP contribution in [0.25, 0.3) is 10.2 Å². The summed E-state index contributed by atoms with van der Waals surface area (Å²) in [6.45, 7) is 4.09. The van der Waals surface area contributed by atoms with Crippen molar-refractivity contribution >= 4 is 33.3 Å². The standard InChI is InChI=1S/C19H21N3O4S/c1-5-26-19(23)16-15(25-4)14-17(20-10-21-18(14)27-16)22-11(2)12-6-8-13(24-3)9-7-12/h6-11H,5H2,1-4H3,(H,20,21,22). The van der Waals surface area contributed by atoms with Gasteiger partial charge < -0.3 is 19.5 Å². The second-order valence-electron chi connectivity index (χ2n) is 5.73. The fraction of sp³-hybridized carbons (Fsp3) is 0.316. The number of methoxy groups -OCH3 is 2. The predicted octanol–water partition coefficient (Wildman–Crippen LogP) is 4.06. The third kappa shape index (κ3) is 3.80. The van der Waals surface area contributed by atoms with E-state index in [1.807, 2.05) is 31.2 Å². The van der Waals surface area contributed by atoms with Gasteiger partial charge in [0.15, 0.2) is 10.6 Å². The predicted molar refractivity (Wildman–Crippen MR) is 105 cm³/mol. The molecule has 8 heteroatoms. The number of anilines is 1. The van der Waals surface area contributed by atoms with Crippen LogP contribution < -0.4 is 14.8 Å². The maximum atomic E-state index is 12.2. The molecule has 27 heavy (non-hydrogen) atoms. The molecular weight excluding hydrogens is 366 g/mol. The van der Waals surface area contributed by atoms with E-state index in [2.05, 4.69) is 15.3 Å². The van der Waals surface area contributed by atoms with Gasteiger partial charge in [0.05, 0.1) is 26.2 Å². The molecule has 0 bridgehead atoms. The van der Waals surface area contributed by atoms with E-state index in [4.69, 9.17) is 14.2 Å². The minimum absolute atomic E-state index is 0.0235. The Morgan fingerprint density at radius 1 is 1.19 bits per heavy atom. The van der Waals surface area contributed by atoms with Crippen molar-refractivity contribution in [3.8, 4) is 11.5 Å². The third-order valence-corrected chi connectivity index (χ3v) is 5.14. The van der Waals surface area contributed by atoms with Crippen LogP contribution in [0, 0.1) is 0 Å². The molecule has 0 spiro atoms. The van der Waals surface area contributed by atoms with Gasteiger partial charge in [0.1, 0.15) is 22.7 Å². The first-order chi connectivity index (χ1) is 13.1. The Labute approximate surface area is 161 Å². The van der Waals surface area contributed by atoms with E-state index >= 15 is 0 Å². The van der Waals surface area contributed by atoms with Crippen LogP contribution in [-0.2, 0) is 4.74 Å². The molecule has 1 aromatic carbocycles. The smallest absolute Gasteiger partial charge is 0.352 e. The summed E-state index contributed by atoms with van der Waals surface area (Å²) in [5.74, 6) is 1.41. The summed E-state index contributed by atoms with van der Waals surface area (Å²) in [6, 6.07) is 7.78. The highest BCUT2D eigenvalue weighted by Gasteiger charge is 2.24. The van der Waals surface area contributed by atoms with Crippen LogP contribution in [0.1, 0.15) is 35.1 Å². The largest absolute Gasteiger partial charge is 0.497 e. The Morgan fingerprint density at radius 3 is 2.56 bits per heavy atom. The van der Waals surface area contributed by atoms with Gasteiger partial charge in [0, 0.05) is 6.04 Å². The lowest BCUT2D eigenvalue weighted by Gasteiger charge is -2.16. The Balaban J connectivity index is 1.97. The molecule has 2 heterocycles. The lowest BCUT2D eigenvalue weighted by molar-refractivity contribution is 0.0529. The van der Waals surface area contributed by atoms with Gasteiger partial charge in [-0.05, 0) is 31.5 Å². The van der Waals surface area contributed by atoms with Crippen molar-refractivity contribution in [3.05, 3.63) is 41.0 Å². The van der Waals surface area contributed by atoms with Crippen molar-refractivity contribution in [2.45, 2.75) is 19.9 Å². The molecule has 1 atom stereocenters. The van der Waals surface area contributed by atoms with Crippen LogP contribution in [0.5, 0.6) is 11.5 Å². The second kappa shape index (κ2) is 8.22. The summed E-state index contributed by atoms with van der Waals surface area (Å²) in [6.07, 6.45) is 1.47. The fourth-order valence-electron chi connectivity index (χ4n) is 2.72. The zero-order chi connectivity index (χ0) is 19.4. The van der Waals surface area contributed by atoms with Crippen LogP contribution in [0.15, 0.2) is 30.6 Å². The SMILES string of the molecule is CCOC(=O)c1sc2ncnc(NC(C)c3ccc(OC)cc3)c2c1OC. The normalized spacial score (nSPS) is 11.9. The maximum Gasteiger partial charge on any atom is 0.352 e. The van der Waals surface area contributed by atoms with E-state index in [0.29, 0.717) is 33.3 Å². The van der Waals surface area contributed by atoms with Crippen molar-refractivity contribution in [2.24, 2.45) is 0 Å². The Morgan fingerprint density at radius 2 is 1.93 bits per heavy atom. The number of hydrogen-bond donors (Lipinski definition) is 1. The highest BCUT2D eigenvalue weighted by molar-refractivity contribution is 7.21. The molecule has 0 saturated heterocycles. The van der Waals surface area contributed by atoms with Gasteiger partial charge in [0.2, 0.25) is 0 Å². The van der Waals surface area contributed by atoms with Gasteiger partial charge in [0.25, 0.3) is 0 Å². The molecule has 0 fully saturated rings. The van der Waals surface area contributed by atoms with Crippen molar-refractivity contribution in [2.75, 3.05) is 26.1 Å². The van der Waals surface area contributed by atoms with Gasteiger partial charge in [-0.25, -0.2) is 14.8 Å². The average molecular weight is 387 g/mol. The molecule has 7 nitrogen and oxygen atoms in total. The molecule has 0 aliphatic rings. The van der Waals surface area contributed by atoms with E-state index in [1.165, 1.54) is 24.8 Å². The minimum atomic E-state index is -0.425. The number of fused-ring (bicyclic) bond motifs is 1. The number of ether oxygens (including phenoxy) is 3. The zero-order valence-electron chi connectivity index (χ0n) is 15.6. The van der Waals surface area contributed by atoms with E-state index < -0.39 is 5.97 Å². The molecule has 0 aliphatic heterocycles. The second-order valence-corrected chi connectivity index (χ2v) is 6.73. The lowest BCUT2D eigenvalue weighted by Crippen LogP contribution is -2.09. The topological polar surface area (TPSA) is 82.6 Å². The molecule has 0 saturated carbocycles. The number of thiophene rings is 1. The molecule has 0 radical (unpaired) electrons. The van der Waals surface area contributed by atoms with Crippen molar-refractivity contribution < 1.29 is 19.0 Å². The first kappa shape index (κ1) is 18.9. The van der Waals surface area contributed by atoms with E-state index in [0.717, 1.165) is 11.3 Å². The van der Waals surface area contributed by atoms with Gasteiger partial charge in [-0.3, -0.25) is 0 Å². The highest BCUT2D eigenvalue weighted by Crippen LogP contribution is 2.41. The number of hydrogen-bond acceptors (Lipinski definition) is 8. The summed E-state index contributed by atoms with van der Waals surface area (Å²) in [5.41, 5.74) is 1.07. The van der Waals surface area contributed by atoms with Crippen LogP contribution >= 0.6 is 11.3 Å². The van der Waals surface area contributed by atoms with Crippen LogP contribution in [0.4, 0.5) is 5.82 Å². The molecule has 142 valence electrons. The summed E-state index contributed by atoms with van der Waals surface area (Å²) in [4.78, 5) is 21.9. The number of rotatable bonds is 7. The molecule has 2 aromatic heterocycles. The van der Waals surface area contributed by atoms with Crippen molar-refractivity contribution in [1.82, 2.24) is 9.97 Å². The lowest BCUT2D eigenvalue weighted by atomic mass is 10.1. The van der Waals surface area contributed by atoms with Gasteiger partial charge in [-0.15, -0.1) is 11.3 Å². The summed E-state index contributed by atoms with van der Waals surface area (Å²) in [5, 5.41) is 4.05. The molecule has 1 N–H and O–H groups in total. The van der Waals surface area contributed by atoms with E-state index in [9.17, 15) is 4.79 Å². The van der Waals surface area contributed by atoms with Gasteiger partial charge in [-0.2, -0.15) is 0 Å². The quantitative estimate of drug-likeness (QED) is 0.612. The van der Waals surface area contributed by atoms with Crippen LogP contribution in [-0.4, -0.2) is 36.8 Å². The molecule has 0 aliphatic carbocycles. The molecule has 1 unspecified atom stereocenters. The number of carbonyl (C=O) groups excluding carboxylic acids is 1. The molecule has 3 rings (SSSR count). The molecule has 3 aromatic rings. The van der Waals surface area contributed by atoms with E-state index in [1.54, 1.807) is 14.0 Å². The monoisotopic (exact) mass is 387 g/mol. The number of nitrogens with one attached hydrogen (secondary N) is 1. The van der Waals surface area contributed by atoms with Gasteiger partial charge in [-0.1, -0.05) is 12.1 Å². The maximum absolute atomic E-state index is 12.2. The summed E-state index contributed by atoms with van der Waals surface area (Å²) < 4.78 is 15.8. The number of benzene rings is 1. The number of carbonyl (C=O) groups is 1. The van der Waals surface area contributed by atoms with E-state index in [-0.39, 0.29) is 6.04 Å². The average Bonchev–Trinajstić information content (AvgIpc) is 3.08. The fourth-order valence-corrected chi connectivity index (χ4v) is 3.73. The number of esters is 1. The molecular formula is C19H21N3O4S.